The van der Waals surface area contributed by atoms with Crippen molar-refractivity contribution in [1.82, 2.24) is 10.2 Å². The summed E-state index contributed by atoms with van der Waals surface area (Å²) in [5.41, 5.74) is 1.18. The maximum absolute atomic E-state index is 6.09. The highest BCUT2D eigenvalue weighted by molar-refractivity contribution is 6.34. The second kappa shape index (κ2) is 9.88. The number of halogens is 4. The molecule has 0 saturated carbocycles. The molecule has 6 heteroatoms. The van der Waals surface area contributed by atoms with Gasteiger partial charge in [-0.2, -0.15) is 0 Å². The molecule has 0 bridgehead atoms. The third-order valence-electron chi connectivity index (χ3n) is 3.25. The Morgan fingerprint density at radius 2 is 1.70 bits per heavy atom. The van der Waals surface area contributed by atoms with Crippen molar-refractivity contribution in [3.05, 3.63) is 46.5 Å². The van der Waals surface area contributed by atoms with Crippen molar-refractivity contribution in [3.8, 4) is 0 Å². The highest BCUT2D eigenvalue weighted by Gasteiger charge is 2.21. The van der Waals surface area contributed by atoms with Crippen molar-refractivity contribution in [3.63, 3.8) is 0 Å². The molecule has 1 atom stereocenters. The second-order valence-electron chi connectivity index (χ2n) is 4.53. The second-order valence-corrected chi connectivity index (χ2v) is 5.40. The molecule has 0 amide bonds. The third kappa shape index (κ3) is 5.44. The van der Waals surface area contributed by atoms with Crippen LogP contribution < -0.4 is 5.32 Å². The summed E-state index contributed by atoms with van der Waals surface area (Å²) in [5, 5.41) is 4.76. The number of nitrogens with one attached hydrogen (secondary N) is 1. The first kappa shape index (κ1) is 20.0. The van der Waals surface area contributed by atoms with Crippen molar-refractivity contribution in [2.24, 2.45) is 0 Å². The molecule has 0 spiro atoms. The highest BCUT2D eigenvalue weighted by atomic mass is 35.5. The Morgan fingerprint density at radius 1 is 1.15 bits per heavy atom. The van der Waals surface area contributed by atoms with Gasteiger partial charge >= 0.3 is 0 Å². The zero-order chi connectivity index (χ0) is 13.0. The normalized spacial score (nSPS) is 16.7. The van der Waals surface area contributed by atoms with Gasteiger partial charge in [0.25, 0.3) is 0 Å². The summed E-state index contributed by atoms with van der Waals surface area (Å²) in [4.78, 5) is 2.46. The predicted octanol–water partition coefficient (Wildman–Crippen LogP) is 4.36. The Hall–Kier alpha value is 0.0400. The lowest BCUT2D eigenvalue weighted by atomic mass is 10.0. The first-order chi connectivity index (χ1) is 8.70. The molecule has 1 aliphatic heterocycles. The van der Waals surface area contributed by atoms with Crippen LogP contribution in [0, 0.1) is 0 Å². The fourth-order valence-corrected chi connectivity index (χ4v) is 2.96. The molecule has 1 fully saturated rings. The van der Waals surface area contributed by atoms with Crippen molar-refractivity contribution in [1.29, 1.82) is 0 Å². The average molecular weight is 358 g/mol. The van der Waals surface area contributed by atoms with Crippen LogP contribution in [-0.2, 0) is 0 Å². The van der Waals surface area contributed by atoms with Crippen molar-refractivity contribution in [2.45, 2.75) is 12.5 Å². The zero-order valence-corrected chi connectivity index (χ0v) is 14.3. The molecule has 1 aromatic rings. The molecule has 0 radical (unpaired) electrons. The van der Waals surface area contributed by atoms with Crippen LogP contribution in [0.5, 0.6) is 0 Å². The van der Waals surface area contributed by atoms with Gasteiger partial charge in [0.05, 0.1) is 0 Å². The topological polar surface area (TPSA) is 15.3 Å². The first-order valence-corrected chi connectivity index (χ1v) is 6.98. The quantitative estimate of drug-likeness (QED) is 0.805. The summed E-state index contributed by atoms with van der Waals surface area (Å²) < 4.78 is 0. The van der Waals surface area contributed by atoms with Crippen LogP contribution >= 0.6 is 48.0 Å². The van der Waals surface area contributed by atoms with E-state index in [1.54, 1.807) is 6.07 Å². The molecule has 1 heterocycles. The molecule has 114 valence electrons. The Morgan fingerprint density at radius 3 is 2.20 bits per heavy atom. The minimum absolute atomic E-state index is 0. The number of piperazine rings is 1. The van der Waals surface area contributed by atoms with E-state index in [0.29, 0.717) is 16.1 Å². The molecule has 1 saturated heterocycles. The van der Waals surface area contributed by atoms with Crippen LogP contribution in [0.15, 0.2) is 30.9 Å². The van der Waals surface area contributed by atoms with Crippen LogP contribution in [0.1, 0.15) is 18.0 Å². The van der Waals surface area contributed by atoms with Gasteiger partial charge in [-0.25, -0.2) is 0 Å². The Bertz CT molecular complexity index is 399. The van der Waals surface area contributed by atoms with E-state index in [9.17, 15) is 0 Å². The molecule has 0 aromatic heterocycles. The maximum atomic E-state index is 6.09. The van der Waals surface area contributed by atoms with Gasteiger partial charge < -0.3 is 5.32 Å². The van der Waals surface area contributed by atoms with Gasteiger partial charge in [-0.1, -0.05) is 29.3 Å². The van der Waals surface area contributed by atoms with Gasteiger partial charge in [-0.3, -0.25) is 4.90 Å². The maximum Gasteiger partial charge on any atom is 0.0424 e. The summed E-state index contributed by atoms with van der Waals surface area (Å²) in [5.74, 6) is 0. The van der Waals surface area contributed by atoms with Gasteiger partial charge in [0.2, 0.25) is 0 Å². The Balaban J connectivity index is 0.00000180. The van der Waals surface area contributed by atoms with E-state index in [1.807, 2.05) is 18.2 Å². The third-order valence-corrected chi connectivity index (χ3v) is 3.69. The van der Waals surface area contributed by atoms with Gasteiger partial charge in [-0.05, 0) is 30.2 Å². The number of rotatable bonds is 4. The molecule has 1 aromatic carbocycles. The predicted molar refractivity (Wildman–Crippen MR) is 93.0 cm³/mol. The minimum Gasteiger partial charge on any atom is -0.314 e. The molecule has 2 nitrogen and oxygen atoms in total. The number of benzene rings is 1. The van der Waals surface area contributed by atoms with E-state index in [1.165, 1.54) is 5.56 Å². The summed E-state index contributed by atoms with van der Waals surface area (Å²) in [7, 11) is 0. The summed E-state index contributed by atoms with van der Waals surface area (Å²) in [6, 6.07) is 6.10. The molecular weight excluding hydrogens is 338 g/mol. The smallest absolute Gasteiger partial charge is 0.0424 e. The van der Waals surface area contributed by atoms with Crippen LogP contribution in [0.2, 0.25) is 10.0 Å². The van der Waals surface area contributed by atoms with Crippen LogP contribution in [0.3, 0.4) is 0 Å². The summed E-state index contributed by atoms with van der Waals surface area (Å²) in [6.45, 7) is 8.01. The molecule has 0 aliphatic carbocycles. The Kier molecular flexibility index (Phi) is 9.90. The average Bonchev–Trinajstić information content (AvgIpc) is 2.36. The minimum atomic E-state index is 0. The van der Waals surface area contributed by atoms with Crippen molar-refractivity contribution < 1.29 is 0 Å². The lowest BCUT2D eigenvalue weighted by molar-refractivity contribution is 0.174. The monoisotopic (exact) mass is 356 g/mol. The van der Waals surface area contributed by atoms with E-state index >= 15 is 0 Å². The highest BCUT2D eigenvalue weighted by Crippen LogP contribution is 2.29. The van der Waals surface area contributed by atoms with Crippen molar-refractivity contribution in [2.75, 3.05) is 26.2 Å². The number of hydrogen-bond donors (Lipinski definition) is 1. The van der Waals surface area contributed by atoms with Crippen molar-refractivity contribution >= 4 is 48.0 Å². The SMILES string of the molecule is C=CC[C@H](c1cc(Cl)cc(Cl)c1)N1CCNCC1.Cl.Cl. The van der Waals surface area contributed by atoms with E-state index in [-0.39, 0.29) is 24.8 Å². The molecule has 20 heavy (non-hydrogen) atoms. The zero-order valence-electron chi connectivity index (χ0n) is 11.1. The fraction of sp³-hybridized carbons (Fsp3) is 0.429. The number of nitrogens with zero attached hydrogens (tertiary/aromatic N) is 1. The summed E-state index contributed by atoms with van der Waals surface area (Å²) >= 11 is 12.2. The number of hydrogen-bond acceptors (Lipinski definition) is 2. The van der Waals surface area contributed by atoms with E-state index in [2.05, 4.69) is 16.8 Å². The molecular formula is C14H20Cl4N2. The first-order valence-electron chi connectivity index (χ1n) is 6.22. The lowest BCUT2D eigenvalue weighted by Gasteiger charge is -2.35. The molecule has 0 unspecified atom stereocenters. The Labute approximate surface area is 143 Å². The fourth-order valence-electron chi connectivity index (χ4n) is 2.42. The molecule has 2 rings (SSSR count). The molecule has 1 aliphatic rings. The van der Waals surface area contributed by atoms with Crippen LogP contribution in [0.25, 0.3) is 0 Å². The van der Waals surface area contributed by atoms with Gasteiger partial charge in [0.15, 0.2) is 0 Å². The lowest BCUT2D eigenvalue weighted by Crippen LogP contribution is -2.45. The standard InChI is InChI=1S/C14H18Cl2N2.2ClH/c1-2-3-14(18-6-4-17-5-7-18)11-8-12(15)10-13(16)9-11;;/h2,8-10,14,17H,1,3-7H2;2*1H/t14-;;/m1../s1. The van der Waals surface area contributed by atoms with E-state index in [4.69, 9.17) is 23.2 Å². The van der Waals surface area contributed by atoms with Crippen LogP contribution in [0.4, 0.5) is 0 Å². The van der Waals surface area contributed by atoms with E-state index in [0.717, 1.165) is 32.6 Å². The van der Waals surface area contributed by atoms with E-state index < -0.39 is 0 Å². The van der Waals surface area contributed by atoms with Gasteiger partial charge in [0, 0.05) is 42.3 Å². The summed E-state index contributed by atoms with van der Waals surface area (Å²) in [6.07, 6.45) is 2.87. The van der Waals surface area contributed by atoms with Crippen LogP contribution in [-0.4, -0.2) is 31.1 Å². The van der Waals surface area contributed by atoms with Gasteiger partial charge in [0.1, 0.15) is 0 Å². The molecule has 1 N–H and O–H groups in total. The van der Waals surface area contributed by atoms with Gasteiger partial charge in [-0.15, -0.1) is 31.4 Å². The largest absolute Gasteiger partial charge is 0.314 e.